The molecule has 0 heterocycles. The van der Waals surface area contributed by atoms with Gasteiger partial charge in [-0.05, 0) is 32.1 Å². The number of hydrogen-bond donors (Lipinski definition) is 1. The molecule has 0 aromatic heterocycles. The van der Waals surface area contributed by atoms with Crippen molar-refractivity contribution in [1.82, 2.24) is 0 Å². The molecule has 0 saturated heterocycles. The maximum absolute atomic E-state index is 9.51. The van der Waals surface area contributed by atoms with Crippen molar-refractivity contribution in [2.75, 3.05) is 7.11 Å². The van der Waals surface area contributed by atoms with Crippen LogP contribution in [-0.2, 0) is 4.74 Å². The molecule has 1 aliphatic rings. The molecule has 1 saturated carbocycles. The van der Waals surface area contributed by atoms with E-state index in [-0.39, 0.29) is 12.2 Å². The van der Waals surface area contributed by atoms with Gasteiger partial charge in [0.15, 0.2) is 0 Å². The van der Waals surface area contributed by atoms with Gasteiger partial charge in [-0.1, -0.05) is 12.2 Å². The number of aliphatic hydroxyl groups is 1. The van der Waals surface area contributed by atoms with Crippen molar-refractivity contribution < 1.29 is 9.84 Å². The first kappa shape index (κ1) is 9.75. The lowest BCUT2D eigenvalue weighted by Crippen LogP contribution is -2.34. The third-order valence-electron chi connectivity index (χ3n) is 2.56. The summed E-state index contributed by atoms with van der Waals surface area (Å²) in [6.07, 6.45) is 6.99. The molecule has 1 fully saturated rings. The lowest BCUT2D eigenvalue weighted by Gasteiger charge is -2.30. The van der Waals surface area contributed by atoms with Gasteiger partial charge in [0.05, 0.1) is 12.2 Å². The highest BCUT2D eigenvalue weighted by Crippen LogP contribution is 2.27. The van der Waals surface area contributed by atoms with Crippen LogP contribution in [0.3, 0.4) is 0 Å². The van der Waals surface area contributed by atoms with E-state index in [2.05, 4.69) is 12.2 Å². The molecule has 1 aliphatic carbocycles. The highest BCUT2D eigenvalue weighted by Gasteiger charge is 2.27. The molecule has 0 radical (unpaired) electrons. The SMILES string of the molecule is C/C=C\[C@@H]1CC[C@H](O)C(OC)C1. The average molecular weight is 170 g/mol. The van der Waals surface area contributed by atoms with Crippen molar-refractivity contribution in [2.24, 2.45) is 5.92 Å². The van der Waals surface area contributed by atoms with E-state index in [1.54, 1.807) is 7.11 Å². The standard InChI is InChI=1S/C10H18O2/c1-3-4-8-5-6-9(11)10(7-8)12-2/h3-4,8-11H,5-7H2,1-2H3/b4-3-/t8-,9+,10?/m1/s1. The van der Waals surface area contributed by atoms with Crippen LogP contribution in [0, 0.1) is 5.92 Å². The molecule has 0 aromatic carbocycles. The summed E-state index contributed by atoms with van der Waals surface area (Å²) in [6.45, 7) is 2.03. The number of methoxy groups -OCH3 is 1. The highest BCUT2D eigenvalue weighted by atomic mass is 16.5. The van der Waals surface area contributed by atoms with Gasteiger partial charge in [0, 0.05) is 7.11 Å². The molecule has 12 heavy (non-hydrogen) atoms. The second-order valence-corrected chi connectivity index (χ2v) is 3.44. The highest BCUT2D eigenvalue weighted by molar-refractivity contribution is 4.92. The first-order valence-corrected chi connectivity index (χ1v) is 4.61. The zero-order valence-electron chi connectivity index (χ0n) is 7.86. The Kier molecular flexibility index (Phi) is 3.76. The van der Waals surface area contributed by atoms with Gasteiger partial charge in [-0.3, -0.25) is 0 Å². The topological polar surface area (TPSA) is 29.5 Å². The summed E-state index contributed by atoms with van der Waals surface area (Å²) in [7, 11) is 1.67. The Morgan fingerprint density at radius 3 is 2.75 bits per heavy atom. The molecule has 0 aromatic rings. The first-order valence-electron chi connectivity index (χ1n) is 4.61. The Hall–Kier alpha value is -0.340. The van der Waals surface area contributed by atoms with E-state index in [0.29, 0.717) is 5.92 Å². The fraction of sp³-hybridized carbons (Fsp3) is 0.800. The second kappa shape index (κ2) is 4.63. The average Bonchev–Trinajstić information content (AvgIpc) is 2.09. The van der Waals surface area contributed by atoms with Crippen LogP contribution >= 0.6 is 0 Å². The van der Waals surface area contributed by atoms with Crippen molar-refractivity contribution in [3.8, 4) is 0 Å². The summed E-state index contributed by atoms with van der Waals surface area (Å²) in [5.74, 6) is 0.600. The van der Waals surface area contributed by atoms with Crippen LogP contribution in [0.15, 0.2) is 12.2 Å². The van der Waals surface area contributed by atoms with E-state index >= 15 is 0 Å². The number of allylic oxidation sites excluding steroid dienone is 2. The van der Waals surface area contributed by atoms with Crippen LogP contribution in [0.4, 0.5) is 0 Å². The lowest BCUT2D eigenvalue weighted by molar-refractivity contribution is -0.0449. The zero-order valence-corrected chi connectivity index (χ0v) is 7.86. The van der Waals surface area contributed by atoms with Crippen LogP contribution in [0.1, 0.15) is 26.2 Å². The predicted molar refractivity (Wildman–Crippen MR) is 49.0 cm³/mol. The molecule has 0 aliphatic heterocycles. The van der Waals surface area contributed by atoms with Crippen molar-refractivity contribution in [1.29, 1.82) is 0 Å². The zero-order chi connectivity index (χ0) is 8.97. The molecule has 1 rings (SSSR count). The minimum absolute atomic E-state index is 0.0416. The van der Waals surface area contributed by atoms with Crippen molar-refractivity contribution in [3.05, 3.63) is 12.2 Å². The van der Waals surface area contributed by atoms with Gasteiger partial charge in [-0.2, -0.15) is 0 Å². The molecule has 0 bridgehead atoms. The number of aliphatic hydroxyl groups excluding tert-OH is 1. The van der Waals surface area contributed by atoms with Crippen molar-refractivity contribution >= 4 is 0 Å². The Bertz CT molecular complexity index is 154. The number of ether oxygens (including phenoxy) is 1. The molecule has 0 spiro atoms. The summed E-state index contributed by atoms with van der Waals surface area (Å²) in [6, 6.07) is 0. The Morgan fingerprint density at radius 2 is 2.17 bits per heavy atom. The monoisotopic (exact) mass is 170 g/mol. The fourth-order valence-electron chi connectivity index (χ4n) is 1.84. The van der Waals surface area contributed by atoms with Crippen LogP contribution < -0.4 is 0 Å². The van der Waals surface area contributed by atoms with Crippen LogP contribution in [0.5, 0.6) is 0 Å². The van der Waals surface area contributed by atoms with Gasteiger partial charge in [-0.25, -0.2) is 0 Å². The van der Waals surface area contributed by atoms with E-state index < -0.39 is 0 Å². The second-order valence-electron chi connectivity index (χ2n) is 3.44. The van der Waals surface area contributed by atoms with Gasteiger partial charge in [0.2, 0.25) is 0 Å². The summed E-state index contributed by atoms with van der Waals surface area (Å²) >= 11 is 0. The van der Waals surface area contributed by atoms with Crippen LogP contribution in [0.25, 0.3) is 0 Å². The molecule has 3 atom stereocenters. The largest absolute Gasteiger partial charge is 0.390 e. The Morgan fingerprint density at radius 1 is 1.42 bits per heavy atom. The molecule has 0 amide bonds. The molecular formula is C10H18O2. The normalized spacial score (nSPS) is 37.4. The van der Waals surface area contributed by atoms with Crippen molar-refractivity contribution in [2.45, 2.75) is 38.4 Å². The van der Waals surface area contributed by atoms with Crippen LogP contribution in [0.2, 0.25) is 0 Å². The van der Waals surface area contributed by atoms with Crippen LogP contribution in [-0.4, -0.2) is 24.4 Å². The number of rotatable bonds is 2. The molecule has 2 nitrogen and oxygen atoms in total. The Labute approximate surface area is 74.2 Å². The minimum atomic E-state index is -0.253. The summed E-state index contributed by atoms with van der Waals surface area (Å²) in [4.78, 5) is 0. The third kappa shape index (κ3) is 2.32. The molecule has 1 N–H and O–H groups in total. The maximum Gasteiger partial charge on any atom is 0.0835 e. The quantitative estimate of drug-likeness (QED) is 0.640. The first-order chi connectivity index (χ1) is 5.77. The molecule has 70 valence electrons. The summed E-state index contributed by atoms with van der Waals surface area (Å²) in [5.41, 5.74) is 0. The fourth-order valence-corrected chi connectivity index (χ4v) is 1.84. The number of hydrogen-bond acceptors (Lipinski definition) is 2. The van der Waals surface area contributed by atoms with Gasteiger partial charge in [0.1, 0.15) is 0 Å². The Balaban J connectivity index is 2.43. The third-order valence-corrected chi connectivity index (χ3v) is 2.56. The van der Waals surface area contributed by atoms with E-state index in [1.807, 2.05) is 6.92 Å². The predicted octanol–water partition coefficient (Wildman–Crippen LogP) is 1.74. The minimum Gasteiger partial charge on any atom is -0.390 e. The lowest BCUT2D eigenvalue weighted by atomic mass is 9.85. The smallest absolute Gasteiger partial charge is 0.0835 e. The van der Waals surface area contributed by atoms with Gasteiger partial charge in [0.25, 0.3) is 0 Å². The van der Waals surface area contributed by atoms with Crippen molar-refractivity contribution in [3.63, 3.8) is 0 Å². The van der Waals surface area contributed by atoms with E-state index in [1.165, 1.54) is 0 Å². The van der Waals surface area contributed by atoms with Gasteiger partial charge < -0.3 is 9.84 Å². The summed E-state index contributed by atoms with van der Waals surface area (Å²) < 4.78 is 5.20. The molecular weight excluding hydrogens is 152 g/mol. The van der Waals surface area contributed by atoms with E-state index in [4.69, 9.17) is 4.74 Å². The van der Waals surface area contributed by atoms with Gasteiger partial charge in [-0.15, -0.1) is 0 Å². The maximum atomic E-state index is 9.51. The van der Waals surface area contributed by atoms with E-state index in [0.717, 1.165) is 19.3 Å². The summed E-state index contributed by atoms with van der Waals surface area (Å²) in [5, 5.41) is 9.51. The van der Waals surface area contributed by atoms with E-state index in [9.17, 15) is 5.11 Å². The molecule has 1 unspecified atom stereocenters. The molecule has 2 heteroatoms. The van der Waals surface area contributed by atoms with Gasteiger partial charge >= 0.3 is 0 Å².